The smallest absolute Gasteiger partial charge is 0.205 e. The Labute approximate surface area is 197 Å². The highest BCUT2D eigenvalue weighted by Gasteiger charge is 2.33. The number of aromatic hydroxyl groups is 1. The maximum Gasteiger partial charge on any atom is 0.205 e. The number of hydrogen-bond acceptors (Lipinski definition) is 5. The SMILES string of the molecule is N#CC1=C(N)Oc2cc(O)ccc2[C@H]1c1cc(Br)ccc1OCc1ccc(Cl)c(Cl)c1. The summed E-state index contributed by atoms with van der Waals surface area (Å²) in [6.45, 7) is 0.248. The molecule has 1 aliphatic heterocycles. The van der Waals surface area contributed by atoms with Gasteiger partial charge in [0.15, 0.2) is 0 Å². The molecule has 0 saturated carbocycles. The summed E-state index contributed by atoms with van der Waals surface area (Å²) in [6.07, 6.45) is 0. The lowest BCUT2D eigenvalue weighted by atomic mass is 9.83. The van der Waals surface area contributed by atoms with Gasteiger partial charge in [0, 0.05) is 21.7 Å². The minimum Gasteiger partial charge on any atom is -0.508 e. The molecular formula is C23H15BrCl2N2O3. The van der Waals surface area contributed by atoms with Crippen molar-refractivity contribution >= 4 is 39.1 Å². The van der Waals surface area contributed by atoms with E-state index in [0.717, 1.165) is 15.6 Å². The summed E-state index contributed by atoms with van der Waals surface area (Å²) in [7, 11) is 0. The van der Waals surface area contributed by atoms with E-state index in [9.17, 15) is 10.4 Å². The molecule has 0 saturated heterocycles. The summed E-state index contributed by atoms with van der Waals surface area (Å²) < 4.78 is 12.5. The molecule has 0 spiro atoms. The number of halogens is 3. The van der Waals surface area contributed by atoms with Crippen molar-refractivity contribution in [2.45, 2.75) is 12.5 Å². The molecule has 0 radical (unpaired) electrons. The molecule has 0 fully saturated rings. The van der Waals surface area contributed by atoms with E-state index in [0.29, 0.717) is 27.1 Å². The van der Waals surface area contributed by atoms with Crippen LogP contribution in [-0.4, -0.2) is 5.11 Å². The fourth-order valence-electron chi connectivity index (χ4n) is 3.43. The summed E-state index contributed by atoms with van der Waals surface area (Å²) in [5.41, 5.74) is 8.56. The van der Waals surface area contributed by atoms with E-state index >= 15 is 0 Å². The molecule has 5 nitrogen and oxygen atoms in total. The van der Waals surface area contributed by atoms with Gasteiger partial charge in [-0.05, 0) is 42.0 Å². The van der Waals surface area contributed by atoms with E-state index in [-0.39, 0.29) is 23.8 Å². The first kappa shape index (κ1) is 21.4. The van der Waals surface area contributed by atoms with Crippen molar-refractivity contribution in [2.75, 3.05) is 0 Å². The van der Waals surface area contributed by atoms with E-state index in [1.165, 1.54) is 6.07 Å². The number of hydrogen-bond donors (Lipinski definition) is 2. The van der Waals surface area contributed by atoms with Crippen molar-refractivity contribution in [3.63, 3.8) is 0 Å². The number of phenols is 1. The standard InChI is InChI=1S/C23H15BrCl2N2O3/c24-13-2-6-20(30-11-12-1-5-18(25)19(26)7-12)16(8-13)22-15-4-3-14(29)9-21(15)31-23(28)17(22)10-27/h1-9,22,29H,11,28H2/t22-/m0/s1. The Hall–Kier alpha value is -2.85. The summed E-state index contributed by atoms with van der Waals surface area (Å²) in [4.78, 5) is 0. The molecule has 0 aliphatic carbocycles. The average molecular weight is 518 g/mol. The van der Waals surface area contributed by atoms with Gasteiger partial charge in [0.1, 0.15) is 35.5 Å². The van der Waals surface area contributed by atoms with Crippen LogP contribution < -0.4 is 15.2 Å². The Morgan fingerprint density at radius 1 is 1.06 bits per heavy atom. The van der Waals surface area contributed by atoms with Crippen molar-refractivity contribution in [3.05, 3.63) is 97.3 Å². The predicted octanol–water partition coefficient (Wildman–Crippen LogP) is 6.26. The molecular weight excluding hydrogens is 503 g/mol. The fraction of sp³-hybridized carbons (Fsp3) is 0.0870. The molecule has 0 amide bonds. The molecule has 156 valence electrons. The minimum absolute atomic E-state index is 0.0130. The number of nitrogens with zero attached hydrogens (tertiary/aromatic N) is 1. The van der Waals surface area contributed by atoms with Crippen molar-refractivity contribution in [1.29, 1.82) is 5.26 Å². The van der Waals surface area contributed by atoms with E-state index in [1.54, 1.807) is 24.3 Å². The van der Waals surface area contributed by atoms with Crippen LogP contribution in [0.5, 0.6) is 17.2 Å². The molecule has 0 bridgehead atoms. The lowest BCUT2D eigenvalue weighted by Gasteiger charge is -2.28. The van der Waals surface area contributed by atoms with E-state index in [1.807, 2.05) is 24.3 Å². The number of nitriles is 1. The fourth-order valence-corrected chi connectivity index (χ4v) is 4.13. The predicted molar refractivity (Wildman–Crippen MR) is 122 cm³/mol. The number of phenolic OH excluding ortho intramolecular Hbond substituents is 1. The molecule has 4 rings (SSSR count). The highest BCUT2D eigenvalue weighted by molar-refractivity contribution is 9.10. The van der Waals surface area contributed by atoms with Gasteiger partial charge >= 0.3 is 0 Å². The Balaban J connectivity index is 1.78. The molecule has 1 heterocycles. The van der Waals surface area contributed by atoms with Gasteiger partial charge in [-0.2, -0.15) is 5.26 Å². The lowest BCUT2D eigenvalue weighted by molar-refractivity contribution is 0.301. The van der Waals surface area contributed by atoms with Crippen LogP contribution >= 0.6 is 39.1 Å². The molecule has 0 aromatic heterocycles. The van der Waals surface area contributed by atoms with Gasteiger partial charge in [0.25, 0.3) is 0 Å². The first-order chi connectivity index (χ1) is 14.9. The van der Waals surface area contributed by atoms with Crippen LogP contribution in [0.15, 0.2) is 70.5 Å². The lowest BCUT2D eigenvalue weighted by Crippen LogP contribution is -2.21. The highest BCUT2D eigenvalue weighted by Crippen LogP contribution is 2.46. The van der Waals surface area contributed by atoms with Crippen LogP contribution in [0.3, 0.4) is 0 Å². The average Bonchev–Trinajstić information content (AvgIpc) is 2.74. The topological polar surface area (TPSA) is 88.5 Å². The third kappa shape index (κ3) is 4.31. The maximum absolute atomic E-state index is 9.85. The van der Waals surface area contributed by atoms with Gasteiger partial charge in [0.2, 0.25) is 5.88 Å². The number of benzene rings is 3. The quantitative estimate of drug-likeness (QED) is 0.426. The number of nitrogens with two attached hydrogens (primary N) is 1. The number of fused-ring (bicyclic) bond motifs is 1. The van der Waals surface area contributed by atoms with Gasteiger partial charge in [0.05, 0.1) is 16.0 Å². The second kappa shape index (κ2) is 8.72. The third-order valence-electron chi connectivity index (χ3n) is 4.86. The Bertz CT molecular complexity index is 1250. The maximum atomic E-state index is 9.85. The summed E-state index contributed by atoms with van der Waals surface area (Å²) in [5, 5.41) is 20.6. The normalized spacial score (nSPS) is 15.1. The van der Waals surface area contributed by atoms with Crippen LogP contribution in [0.2, 0.25) is 10.0 Å². The second-order valence-corrected chi connectivity index (χ2v) is 8.60. The van der Waals surface area contributed by atoms with Crippen LogP contribution in [0.4, 0.5) is 0 Å². The van der Waals surface area contributed by atoms with E-state index in [2.05, 4.69) is 22.0 Å². The van der Waals surface area contributed by atoms with E-state index < -0.39 is 5.92 Å². The monoisotopic (exact) mass is 516 g/mol. The largest absolute Gasteiger partial charge is 0.508 e. The highest BCUT2D eigenvalue weighted by atomic mass is 79.9. The van der Waals surface area contributed by atoms with E-state index in [4.69, 9.17) is 38.4 Å². The first-order valence-corrected chi connectivity index (χ1v) is 10.7. The van der Waals surface area contributed by atoms with Crippen molar-refractivity contribution in [3.8, 4) is 23.3 Å². The van der Waals surface area contributed by atoms with Gasteiger partial charge in [-0.3, -0.25) is 0 Å². The van der Waals surface area contributed by atoms with Gasteiger partial charge in [-0.25, -0.2) is 0 Å². The van der Waals surface area contributed by atoms with Crippen molar-refractivity contribution < 1.29 is 14.6 Å². The first-order valence-electron chi connectivity index (χ1n) is 9.14. The summed E-state index contributed by atoms with van der Waals surface area (Å²) in [5.74, 6) is 0.449. The molecule has 1 aliphatic rings. The Morgan fingerprint density at radius 3 is 2.61 bits per heavy atom. The van der Waals surface area contributed by atoms with Crippen molar-refractivity contribution in [1.82, 2.24) is 0 Å². The molecule has 3 aromatic carbocycles. The van der Waals surface area contributed by atoms with Gasteiger partial charge in [-0.15, -0.1) is 0 Å². The third-order valence-corrected chi connectivity index (χ3v) is 6.10. The number of rotatable bonds is 4. The molecule has 3 aromatic rings. The minimum atomic E-state index is -0.532. The second-order valence-electron chi connectivity index (χ2n) is 6.87. The summed E-state index contributed by atoms with van der Waals surface area (Å²) >= 11 is 15.6. The van der Waals surface area contributed by atoms with Crippen LogP contribution in [0.25, 0.3) is 0 Å². The van der Waals surface area contributed by atoms with Crippen LogP contribution in [0, 0.1) is 11.3 Å². The molecule has 8 heteroatoms. The zero-order valence-electron chi connectivity index (χ0n) is 15.9. The van der Waals surface area contributed by atoms with Gasteiger partial charge < -0.3 is 20.3 Å². The molecule has 1 atom stereocenters. The van der Waals surface area contributed by atoms with Gasteiger partial charge in [-0.1, -0.05) is 51.3 Å². The zero-order valence-corrected chi connectivity index (χ0v) is 19.0. The number of allylic oxidation sites excluding steroid dienone is 1. The molecule has 31 heavy (non-hydrogen) atoms. The Morgan fingerprint density at radius 2 is 1.87 bits per heavy atom. The zero-order chi connectivity index (χ0) is 22.1. The summed E-state index contributed by atoms with van der Waals surface area (Å²) in [6, 6.07) is 17.7. The molecule has 0 unspecified atom stereocenters. The van der Waals surface area contributed by atoms with Crippen LogP contribution in [0.1, 0.15) is 22.6 Å². The van der Waals surface area contributed by atoms with Crippen LogP contribution in [-0.2, 0) is 6.61 Å². The van der Waals surface area contributed by atoms with Crippen molar-refractivity contribution in [2.24, 2.45) is 5.73 Å². The number of ether oxygens (including phenoxy) is 2. The Kier molecular flexibility index (Phi) is 6.01. The molecule has 3 N–H and O–H groups in total.